The number of rotatable bonds is 8. The third kappa shape index (κ3) is 4.26. The molecule has 158 valence electrons. The summed E-state index contributed by atoms with van der Waals surface area (Å²) < 4.78 is 16.9. The first kappa shape index (κ1) is 20.6. The predicted octanol–water partition coefficient (Wildman–Crippen LogP) is 4.93. The van der Waals surface area contributed by atoms with Gasteiger partial charge in [-0.25, -0.2) is 4.39 Å². The van der Waals surface area contributed by atoms with Crippen LogP contribution in [-0.2, 0) is 12.1 Å². The number of hydrogen-bond donors (Lipinski definition) is 0. The van der Waals surface area contributed by atoms with Gasteiger partial charge in [0.1, 0.15) is 5.82 Å². The van der Waals surface area contributed by atoms with E-state index in [0.29, 0.717) is 5.69 Å². The summed E-state index contributed by atoms with van der Waals surface area (Å²) in [6.45, 7) is 6.88. The van der Waals surface area contributed by atoms with Crippen molar-refractivity contribution in [3.05, 3.63) is 84.4 Å². The fourth-order valence-corrected chi connectivity index (χ4v) is 4.75. The van der Waals surface area contributed by atoms with Crippen molar-refractivity contribution < 1.29 is 4.39 Å². The zero-order chi connectivity index (χ0) is 20.8. The van der Waals surface area contributed by atoms with Crippen LogP contribution in [0.4, 0.5) is 10.1 Å². The Morgan fingerprint density at radius 3 is 2.37 bits per heavy atom. The van der Waals surface area contributed by atoms with Gasteiger partial charge in [0.25, 0.3) is 0 Å². The standard InChI is InChI=1S/C25H31FN4/c1-2-16-30(24-12-7-6-11-23(24)26)25(22-9-4-3-5-10-22)13-18-28(19-14-25)20-21-29-17-8-15-27-29/h3-12,15,17H,2,13-14,16,18-21H2,1H3. The normalized spacial score (nSPS) is 16.5. The average molecular weight is 407 g/mol. The lowest BCUT2D eigenvalue weighted by molar-refractivity contribution is 0.148. The molecule has 4 nitrogen and oxygen atoms in total. The molecule has 0 spiro atoms. The highest BCUT2D eigenvalue weighted by Crippen LogP contribution is 2.42. The molecule has 0 saturated carbocycles. The molecule has 1 saturated heterocycles. The zero-order valence-corrected chi connectivity index (χ0v) is 17.8. The van der Waals surface area contributed by atoms with Crippen LogP contribution >= 0.6 is 0 Å². The van der Waals surface area contributed by atoms with E-state index in [-0.39, 0.29) is 11.4 Å². The number of halogens is 1. The van der Waals surface area contributed by atoms with Crippen molar-refractivity contribution in [2.45, 2.75) is 38.3 Å². The molecule has 0 atom stereocenters. The van der Waals surface area contributed by atoms with E-state index in [9.17, 15) is 4.39 Å². The molecule has 4 rings (SSSR count). The van der Waals surface area contributed by atoms with Crippen LogP contribution in [0, 0.1) is 5.82 Å². The maximum atomic E-state index is 14.9. The largest absolute Gasteiger partial charge is 0.359 e. The molecule has 0 N–H and O–H groups in total. The quantitative estimate of drug-likeness (QED) is 0.530. The number of para-hydroxylation sites is 1. The smallest absolute Gasteiger partial charge is 0.146 e. The van der Waals surface area contributed by atoms with E-state index >= 15 is 0 Å². The third-order valence-corrected chi connectivity index (χ3v) is 6.31. The van der Waals surface area contributed by atoms with E-state index in [1.807, 2.05) is 35.3 Å². The Hall–Kier alpha value is -2.66. The van der Waals surface area contributed by atoms with Crippen molar-refractivity contribution in [2.24, 2.45) is 0 Å². The summed E-state index contributed by atoms with van der Waals surface area (Å²) in [4.78, 5) is 4.84. The number of anilines is 1. The van der Waals surface area contributed by atoms with Crippen LogP contribution in [0.25, 0.3) is 0 Å². The van der Waals surface area contributed by atoms with Crippen molar-refractivity contribution in [3.8, 4) is 0 Å². The number of hydrogen-bond acceptors (Lipinski definition) is 3. The summed E-state index contributed by atoms with van der Waals surface area (Å²) >= 11 is 0. The summed E-state index contributed by atoms with van der Waals surface area (Å²) in [7, 11) is 0. The number of nitrogens with zero attached hydrogens (tertiary/aromatic N) is 4. The highest BCUT2D eigenvalue weighted by Gasteiger charge is 2.41. The number of likely N-dealkylation sites (tertiary alicyclic amines) is 1. The summed E-state index contributed by atoms with van der Waals surface area (Å²) in [5, 5.41) is 4.32. The van der Waals surface area contributed by atoms with Crippen LogP contribution in [0.15, 0.2) is 73.1 Å². The molecular formula is C25H31FN4. The Labute approximate surface area is 178 Å². The molecule has 2 aromatic carbocycles. The first-order chi connectivity index (χ1) is 14.7. The SMILES string of the molecule is CCCN(c1ccccc1F)C1(c2ccccc2)CCN(CCn2cccn2)CC1. The topological polar surface area (TPSA) is 24.3 Å². The molecule has 0 amide bonds. The molecule has 3 aromatic rings. The number of aromatic nitrogens is 2. The molecular weight excluding hydrogens is 375 g/mol. The lowest BCUT2D eigenvalue weighted by atomic mass is 9.78. The van der Waals surface area contributed by atoms with Gasteiger partial charge >= 0.3 is 0 Å². The first-order valence-electron chi connectivity index (χ1n) is 11.0. The lowest BCUT2D eigenvalue weighted by Gasteiger charge is -2.50. The molecule has 1 aliphatic heterocycles. The van der Waals surface area contributed by atoms with Gasteiger partial charge in [-0.2, -0.15) is 5.10 Å². The molecule has 30 heavy (non-hydrogen) atoms. The summed E-state index contributed by atoms with van der Waals surface area (Å²) in [6, 6.07) is 19.9. The number of benzene rings is 2. The molecule has 1 aromatic heterocycles. The molecule has 0 unspecified atom stereocenters. The van der Waals surface area contributed by atoms with E-state index in [0.717, 1.165) is 52.0 Å². The molecule has 1 aliphatic rings. The van der Waals surface area contributed by atoms with Crippen LogP contribution in [-0.4, -0.2) is 40.9 Å². The van der Waals surface area contributed by atoms with Crippen molar-refractivity contribution in [3.63, 3.8) is 0 Å². The molecule has 5 heteroatoms. The average Bonchev–Trinajstić information content (AvgIpc) is 3.32. The predicted molar refractivity (Wildman–Crippen MR) is 120 cm³/mol. The van der Waals surface area contributed by atoms with Crippen LogP contribution in [0.2, 0.25) is 0 Å². The lowest BCUT2D eigenvalue weighted by Crippen LogP contribution is -2.54. The second kappa shape index (κ2) is 9.43. The van der Waals surface area contributed by atoms with Gasteiger partial charge in [0.05, 0.1) is 17.8 Å². The maximum Gasteiger partial charge on any atom is 0.146 e. The van der Waals surface area contributed by atoms with Crippen LogP contribution < -0.4 is 4.90 Å². The Kier molecular flexibility index (Phi) is 6.48. The second-order valence-electron chi connectivity index (χ2n) is 8.11. The Morgan fingerprint density at radius 2 is 1.70 bits per heavy atom. The molecule has 0 aliphatic carbocycles. The van der Waals surface area contributed by atoms with E-state index < -0.39 is 0 Å². The number of piperidine rings is 1. The molecule has 0 radical (unpaired) electrons. The van der Waals surface area contributed by atoms with Gasteiger partial charge < -0.3 is 9.80 Å². The third-order valence-electron chi connectivity index (χ3n) is 6.31. The minimum absolute atomic E-state index is 0.137. The minimum atomic E-state index is -0.193. The van der Waals surface area contributed by atoms with E-state index in [4.69, 9.17) is 0 Å². The van der Waals surface area contributed by atoms with Gasteiger partial charge in [-0.1, -0.05) is 49.4 Å². The van der Waals surface area contributed by atoms with Gasteiger partial charge in [-0.05, 0) is 43.0 Å². The summed E-state index contributed by atoms with van der Waals surface area (Å²) in [6.07, 6.45) is 6.77. The van der Waals surface area contributed by atoms with E-state index in [2.05, 4.69) is 52.2 Å². The van der Waals surface area contributed by atoms with Gasteiger partial charge in [-0.3, -0.25) is 4.68 Å². The maximum absolute atomic E-state index is 14.9. The monoisotopic (exact) mass is 406 g/mol. The van der Waals surface area contributed by atoms with E-state index in [1.54, 1.807) is 12.1 Å². The van der Waals surface area contributed by atoms with Crippen molar-refractivity contribution in [1.82, 2.24) is 14.7 Å². The van der Waals surface area contributed by atoms with Gasteiger partial charge in [0.2, 0.25) is 0 Å². The Balaban J connectivity index is 1.61. The Bertz CT molecular complexity index is 902. The molecule has 1 fully saturated rings. The van der Waals surface area contributed by atoms with Gasteiger partial charge in [0.15, 0.2) is 0 Å². The van der Waals surface area contributed by atoms with E-state index in [1.165, 1.54) is 5.56 Å². The molecule has 0 bridgehead atoms. The van der Waals surface area contributed by atoms with Crippen LogP contribution in [0.1, 0.15) is 31.7 Å². The fraction of sp³-hybridized carbons (Fsp3) is 0.400. The minimum Gasteiger partial charge on any atom is -0.359 e. The zero-order valence-electron chi connectivity index (χ0n) is 17.8. The van der Waals surface area contributed by atoms with Crippen LogP contribution in [0.5, 0.6) is 0 Å². The van der Waals surface area contributed by atoms with Crippen molar-refractivity contribution in [2.75, 3.05) is 31.1 Å². The summed E-state index contributed by atoms with van der Waals surface area (Å²) in [5.41, 5.74) is 1.81. The van der Waals surface area contributed by atoms with Gasteiger partial charge in [0, 0.05) is 38.6 Å². The van der Waals surface area contributed by atoms with Crippen LogP contribution in [0.3, 0.4) is 0 Å². The molecule has 2 heterocycles. The van der Waals surface area contributed by atoms with Crippen molar-refractivity contribution in [1.29, 1.82) is 0 Å². The first-order valence-corrected chi connectivity index (χ1v) is 11.0. The van der Waals surface area contributed by atoms with Gasteiger partial charge in [-0.15, -0.1) is 0 Å². The second-order valence-corrected chi connectivity index (χ2v) is 8.11. The highest BCUT2D eigenvalue weighted by atomic mass is 19.1. The fourth-order valence-electron chi connectivity index (χ4n) is 4.75. The highest BCUT2D eigenvalue weighted by molar-refractivity contribution is 5.53. The van der Waals surface area contributed by atoms with Crippen molar-refractivity contribution >= 4 is 5.69 Å². The summed E-state index contributed by atoms with van der Waals surface area (Å²) in [5.74, 6) is -0.137. The Morgan fingerprint density at radius 1 is 0.967 bits per heavy atom.